The highest BCUT2D eigenvalue weighted by molar-refractivity contribution is 5.96. The van der Waals surface area contributed by atoms with Gasteiger partial charge in [-0.3, -0.25) is 9.69 Å². The second-order valence-corrected chi connectivity index (χ2v) is 6.48. The van der Waals surface area contributed by atoms with Crippen LogP contribution in [0.5, 0.6) is 0 Å². The van der Waals surface area contributed by atoms with Crippen LogP contribution in [-0.4, -0.2) is 29.4 Å². The molecule has 1 atom stereocenters. The van der Waals surface area contributed by atoms with Crippen molar-refractivity contribution in [3.63, 3.8) is 0 Å². The highest BCUT2D eigenvalue weighted by Gasteiger charge is 2.32. The van der Waals surface area contributed by atoms with Crippen molar-refractivity contribution in [1.29, 1.82) is 0 Å². The van der Waals surface area contributed by atoms with Gasteiger partial charge in [-0.25, -0.2) is 0 Å². The van der Waals surface area contributed by atoms with E-state index in [2.05, 4.69) is 50.0 Å². The minimum absolute atomic E-state index is 0.0256. The maximum absolute atomic E-state index is 12.9. The Balaban J connectivity index is 2.15. The first-order valence-electron chi connectivity index (χ1n) is 8.71. The molecular formula is C19H30N2O. The molecule has 3 heteroatoms. The van der Waals surface area contributed by atoms with Crippen LogP contribution >= 0.6 is 0 Å². The molecule has 122 valence electrons. The molecule has 22 heavy (non-hydrogen) atoms. The number of carbonyl (C=O) groups is 1. The van der Waals surface area contributed by atoms with Crippen LogP contribution < -0.4 is 5.32 Å². The molecule has 1 saturated heterocycles. The van der Waals surface area contributed by atoms with Gasteiger partial charge in [0.05, 0.1) is 6.04 Å². The Labute approximate surface area is 135 Å². The van der Waals surface area contributed by atoms with E-state index in [0.717, 1.165) is 49.0 Å². The van der Waals surface area contributed by atoms with Gasteiger partial charge in [-0.05, 0) is 57.2 Å². The average Bonchev–Trinajstić information content (AvgIpc) is 2.52. The number of amides is 1. The Bertz CT molecular complexity index is 488. The summed E-state index contributed by atoms with van der Waals surface area (Å²) in [6, 6.07) is 6.70. The van der Waals surface area contributed by atoms with Crippen LogP contribution in [0, 0.1) is 13.8 Å². The van der Waals surface area contributed by atoms with Gasteiger partial charge in [0.15, 0.2) is 0 Å². The Hall–Kier alpha value is -1.35. The number of rotatable bonds is 5. The summed E-state index contributed by atoms with van der Waals surface area (Å²) in [4.78, 5) is 15.3. The van der Waals surface area contributed by atoms with E-state index in [9.17, 15) is 4.79 Å². The van der Waals surface area contributed by atoms with Crippen LogP contribution in [-0.2, 0) is 4.79 Å². The third-order valence-corrected chi connectivity index (χ3v) is 4.99. The predicted molar refractivity (Wildman–Crippen MR) is 93.3 cm³/mol. The lowest BCUT2D eigenvalue weighted by molar-refractivity contribution is -0.123. The topological polar surface area (TPSA) is 32.3 Å². The zero-order chi connectivity index (χ0) is 16.1. The number of anilines is 1. The van der Waals surface area contributed by atoms with Crippen molar-refractivity contribution in [3.05, 3.63) is 29.3 Å². The summed E-state index contributed by atoms with van der Waals surface area (Å²) in [7, 11) is 0. The van der Waals surface area contributed by atoms with Crippen molar-refractivity contribution in [1.82, 2.24) is 4.90 Å². The number of piperidine rings is 1. The summed E-state index contributed by atoms with van der Waals surface area (Å²) >= 11 is 0. The van der Waals surface area contributed by atoms with E-state index in [-0.39, 0.29) is 11.9 Å². The molecule has 1 N–H and O–H groups in total. The molecular weight excluding hydrogens is 272 g/mol. The third kappa shape index (κ3) is 3.70. The van der Waals surface area contributed by atoms with Crippen LogP contribution in [0.3, 0.4) is 0 Å². The Morgan fingerprint density at radius 2 is 1.86 bits per heavy atom. The smallest absolute Gasteiger partial charge is 0.241 e. The fourth-order valence-electron chi connectivity index (χ4n) is 3.65. The maximum atomic E-state index is 12.9. The normalized spacial score (nSPS) is 19.4. The standard InChI is InChI=1S/C19H30N2O/c1-5-16(6-2)21-13-8-7-12-17(21)19(22)20-18-14(3)10-9-11-15(18)4/h9-11,16-17H,5-8,12-13H2,1-4H3,(H,20,22). The molecule has 1 fully saturated rings. The van der Waals surface area contributed by atoms with Crippen molar-refractivity contribution in [3.8, 4) is 0 Å². The Morgan fingerprint density at radius 1 is 1.23 bits per heavy atom. The molecule has 0 aromatic heterocycles. The van der Waals surface area contributed by atoms with E-state index in [4.69, 9.17) is 0 Å². The molecule has 1 aromatic rings. The highest BCUT2D eigenvalue weighted by Crippen LogP contribution is 2.25. The monoisotopic (exact) mass is 302 g/mol. The van der Waals surface area contributed by atoms with E-state index in [1.54, 1.807) is 0 Å². The number of benzene rings is 1. The van der Waals surface area contributed by atoms with Gasteiger partial charge < -0.3 is 5.32 Å². The summed E-state index contributed by atoms with van der Waals surface area (Å²) < 4.78 is 0. The van der Waals surface area contributed by atoms with E-state index in [1.165, 1.54) is 6.42 Å². The summed E-state index contributed by atoms with van der Waals surface area (Å²) in [5.74, 6) is 0.170. The summed E-state index contributed by atoms with van der Waals surface area (Å²) in [6.45, 7) is 9.62. The van der Waals surface area contributed by atoms with Gasteiger partial charge >= 0.3 is 0 Å². The molecule has 1 amide bonds. The number of para-hydroxylation sites is 1. The van der Waals surface area contributed by atoms with Gasteiger partial charge in [0.25, 0.3) is 0 Å². The fraction of sp³-hybridized carbons (Fsp3) is 0.632. The zero-order valence-electron chi connectivity index (χ0n) is 14.5. The van der Waals surface area contributed by atoms with E-state index in [0.29, 0.717) is 6.04 Å². The van der Waals surface area contributed by atoms with Crippen LogP contribution in [0.1, 0.15) is 57.1 Å². The van der Waals surface area contributed by atoms with Gasteiger partial charge in [0.1, 0.15) is 0 Å². The Kier molecular flexibility index (Phi) is 6.01. The largest absolute Gasteiger partial charge is 0.324 e. The molecule has 0 bridgehead atoms. The minimum Gasteiger partial charge on any atom is -0.324 e. The zero-order valence-corrected chi connectivity index (χ0v) is 14.5. The van der Waals surface area contributed by atoms with Crippen LogP contribution in [0.2, 0.25) is 0 Å². The molecule has 1 aliphatic heterocycles. The number of aryl methyl sites for hydroxylation is 2. The first kappa shape index (κ1) is 17.0. The highest BCUT2D eigenvalue weighted by atomic mass is 16.2. The van der Waals surface area contributed by atoms with Crippen molar-refractivity contribution < 1.29 is 4.79 Å². The molecule has 0 saturated carbocycles. The molecule has 3 nitrogen and oxygen atoms in total. The second kappa shape index (κ2) is 7.77. The summed E-state index contributed by atoms with van der Waals surface area (Å²) in [5, 5.41) is 3.20. The number of carbonyl (C=O) groups excluding carboxylic acids is 1. The fourth-order valence-corrected chi connectivity index (χ4v) is 3.65. The van der Waals surface area contributed by atoms with Crippen molar-refractivity contribution >= 4 is 11.6 Å². The summed E-state index contributed by atoms with van der Waals surface area (Å²) in [5.41, 5.74) is 3.26. The van der Waals surface area contributed by atoms with Gasteiger partial charge in [0, 0.05) is 11.7 Å². The molecule has 0 aliphatic carbocycles. The quantitative estimate of drug-likeness (QED) is 0.880. The van der Waals surface area contributed by atoms with E-state index in [1.807, 2.05) is 6.07 Å². The average molecular weight is 302 g/mol. The first-order valence-corrected chi connectivity index (χ1v) is 8.71. The third-order valence-electron chi connectivity index (χ3n) is 4.99. The Morgan fingerprint density at radius 3 is 2.45 bits per heavy atom. The number of nitrogens with zero attached hydrogens (tertiary/aromatic N) is 1. The first-order chi connectivity index (χ1) is 10.6. The van der Waals surface area contributed by atoms with Gasteiger partial charge in [-0.15, -0.1) is 0 Å². The lowest BCUT2D eigenvalue weighted by Gasteiger charge is -2.40. The van der Waals surface area contributed by atoms with Crippen molar-refractivity contribution in [2.75, 3.05) is 11.9 Å². The van der Waals surface area contributed by atoms with E-state index >= 15 is 0 Å². The van der Waals surface area contributed by atoms with Gasteiger partial charge in [-0.2, -0.15) is 0 Å². The summed E-state index contributed by atoms with van der Waals surface area (Å²) in [6.07, 6.45) is 5.58. The SMILES string of the molecule is CCC(CC)N1CCCCC1C(=O)Nc1c(C)cccc1C. The lowest BCUT2D eigenvalue weighted by atomic mass is 9.96. The van der Waals surface area contributed by atoms with Crippen molar-refractivity contribution in [2.45, 2.75) is 71.9 Å². The van der Waals surface area contributed by atoms with Crippen LogP contribution in [0.15, 0.2) is 18.2 Å². The molecule has 1 heterocycles. The predicted octanol–water partition coefficient (Wildman–Crippen LogP) is 4.29. The molecule has 0 spiro atoms. The number of nitrogens with one attached hydrogen (secondary N) is 1. The molecule has 0 radical (unpaired) electrons. The van der Waals surface area contributed by atoms with E-state index < -0.39 is 0 Å². The van der Waals surface area contributed by atoms with Crippen LogP contribution in [0.25, 0.3) is 0 Å². The van der Waals surface area contributed by atoms with Gasteiger partial charge in [0.2, 0.25) is 5.91 Å². The number of hydrogen-bond donors (Lipinski definition) is 1. The van der Waals surface area contributed by atoms with Crippen LogP contribution in [0.4, 0.5) is 5.69 Å². The lowest BCUT2D eigenvalue weighted by Crippen LogP contribution is -2.51. The molecule has 1 aromatic carbocycles. The number of likely N-dealkylation sites (tertiary alicyclic amines) is 1. The van der Waals surface area contributed by atoms with Crippen molar-refractivity contribution in [2.24, 2.45) is 0 Å². The van der Waals surface area contributed by atoms with Gasteiger partial charge in [-0.1, -0.05) is 38.5 Å². The maximum Gasteiger partial charge on any atom is 0.241 e. The molecule has 2 rings (SSSR count). The molecule has 1 unspecified atom stereocenters. The number of hydrogen-bond acceptors (Lipinski definition) is 2. The molecule has 1 aliphatic rings. The second-order valence-electron chi connectivity index (χ2n) is 6.48. The minimum atomic E-state index is 0.0256.